The van der Waals surface area contributed by atoms with Gasteiger partial charge in [-0.3, -0.25) is 13.9 Å². The molecule has 0 aromatic heterocycles. The van der Waals surface area contributed by atoms with Crippen LogP contribution in [-0.2, 0) is 32.6 Å². The molecule has 0 aliphatic heterocycles. The van der Waals surface area contributed by atoms with E-state index in [1.807, 2.05) is 37.3 Å². The molecule has 0 saturated heterocycles. The monoisotopic (exact) mass is 667 g/mol. The zero-order valence-corrected chi connectivity index (χ0v) is 27.4. The lowest BCUT2D eigenvalue weighted by Crippen LogP contribution is -2.53. The summed E-state index contributed by atoms with van der Waals surface area (Å²) in [6.07, 6.45) is 0.856. The number of ether oxygens (including phenoxy) is 1. The minimum absolute atomic E-state index is 0.00840. The number of rotatable bonds is 14. The van der Waals surface area contributed by atoms with Crippen molar-refractivity contribution in [1.29, 1.82) is 0 Å². The van der Waals surface area contributed by atoms with Gasteiger partial charge in [-0.2, -0.15) is 0 Å². The highest BCUT2D eigenvalue weighted by Crippen LogP contribution is 2.33. The van der Waals surface area contributed by atoms with E-state index >= 15 is 0 Å². The zero-order chi connectivity index (χ0) is 32.4. The van der Waals surface area contributed by atoms with Gasteiger partial charge in [0.05, 0.1) is 17.7 Å². The lowest BCUT2D eigenvalue weighted by molar-refractivity contribution is -0.140. The number of amides is 2. The Hall–Kier alpha value is -4.05. The summed E-state index contributed by atoms with van der Waals surface area (Å²) in [6, 6.07) is 27.6. The molecule has 8 nitrogen and oxygen atoms in total. The minimum Gasteiger partial charge on any atom is -0.495 e. The number of benzene rings is 4. The average molecular weight is 669 g/mol. The molecular formula is C34H35Cl2N3O5S. The van der Waals surface area contributed by atoms with E-state index in [1.54, 1.807) is 60.7 Å². The summed E-state index contributed by atoms with van der Waals surface area (Å²) in [6.45, 7) is 1.55. The van der Waals surface area contributed by atoms with Crippen LogP contribution in [0, 0.1) is 0 Å². The van der Waals surface area contributed by atoms with Gasteiger partial charge in [0.2, 0.25) is 11.8 Å². The van der Waals surface area contributed by atoms with E-state index < -0.39 is 28.5 Å². The van der Waals surface area contributed by atoms with Crippen LogP contribution in [0.2, 0.25) is 10.0 Å². The third-order valence-corrected chi connectivity index (χ3v) is 9.66. The summed E-state index contributed by atoms with van der Waals surface area (Å²) in [5, 5.41) is 3.53. The maximum Gasteiger partial charge on any atom is 0.264 e. The van der Waals surface area contributed by atoms with Crippen molar-refractivity contribution >= 4 is 50.7 Å². The summed E-state index contributed by atoms with van der Waals surface area (Å²) in [4.78, 5) is 29.7. The quantitative estimate of drug-likeness (QED) is 0.169. The van der Waals surface area contributed by atoms with Crippen LogP contribution in [0.15, 0.2) is 108 Å². The van der Waals surface area contributed by atoms with Crippen molar-refractivity contribution in [3.63, 3.8) is 0 Å². The van der Waals surface area contributed by atoms with Gasteiger partial charge in [-0.15, -0.1) is 0 Å². The van der Waals surface area contributed by atoms with E-state index in [0.717, 1.165) is 9.87 Å². The molecule has 1 N–H and O–H groups in total. The van der Waals surface area contributed by atoms with Gasteiger partial charge in [0.25, 0.3) is 10.0 Å². The number of methoxy groups -OCH3 is 1. The second-order valence-electron chi connectivity index (χ2n) is 10.2. The molecule has 0 saturated carbocycles. The fraction of sp³-hybridized carbons (Fsp3) is 0.235. The van der Waals surface area contributed by atoms with E-state index in [-0.39, 0.29) is 35.2 Å². The molecule has 0 aliphatic rings. The van der Waals surface area contributed by atoms with Crippen molar-refractivity contribution < 1.29 is 22.7 Å². The second-order valence-corrected chi connectivity index (χ2v) is 12.9. The number of halogens is 2. The lowest BCUT2D eigenvalue weighted by Gasteiger charge is -2.34. The van der Waals surface area contributed by atoms with Gasteiger partial charge in [-0.25, -0.2) is 8.42 Å². The van der Waals surface area contributed by atoms with Crippen LogP contribution in [0.4, 0.5) is 5.69 Å². The predicted molar refractivity (Wildman–Crippen MR) is 178 cm³/mol. The largest absolute Gasteiger partial charge is 0.495 e. The molecule has 11 heteroatoms. The Labute approximate surface area is 274 Å². The number of nitrogens with zero attached hydrogens (tertiary/aromatic N) is 2. The van der Waals surface area contributed by atoms with Gasteiger partial charge in [0, 0.05) is 35.1 Å². The fourth-order valence-corrected chi connectivity index (χ4v) is 6.81. The number of hydrogen-bond donors (Lipinski definition) is 1. The third-order valence-electron chi connectivity index (χ3n) is 7.17. The Kier molecular flexibility index (Phi) is 11.9. The van der Waals surface area contributed by atoms with Crippen LogP contribution >= 0.6 is 23.2 Å². The highest BCUT2D eigenvalue weighted by atomic mass is 35.5. The first-order chi connectivity index (χ1) is 21.7. The first-order valence-electron chi connectivity index (χ1n) is 14.4. The molecule has 1 atom stereocenters. The molecular weight excluding hydrogens is 633 g/mol. The normalized spacial score (nSPS) is 11.8. The Morgan fingerprint density at radius 2 is 1.44 bits per heavy atom. The highest BCUT2D eigenvalue weighted by Gasteiger charge is 2.36. The summed E-state index contributed by atoms with van der Waals surface area (Å²) in [5.74, 6) is -0.761. The number of para-hydroxylation sites is 2. The zero-order valence-electron chi connectivity index (χ0n) is 25.0. The van der Waals surface area contributed by atoms with Crippen LogP contribution in [0.1, 0.15) is 24.5 Å². The number of carbonyl (C=O) groups excluding carboxylic acids is 2. The molecule has 4 rings (SSSR count). The maximum absolute atomic E-state index is 14.6. The number of nitrogens with one attached hydrogen (secondary N) is 1. The van der Waals surface area contributed by atoms with Gasteiger partial charge in [-0.05, 0) is 48.4 Å². The smallest absolute Gasteiger partial charge is 0.264 e. The molecule has 0 radical (unpaired) electrons. The van der Waals surface area contributed by atoms with E-state index in [4.69, 9.17) is 27.9 Å². The van der Waals surface area contributed by atoms with Gasteiger partial charge in [0.1, 0.15) is 18.3 Å². The number of carbonyl (C=O) groups is 2. The molecule has 0 heterocycles. The Balaban J connectivity index is 1.85. The first kappa shape index (κ1) is 33.8. The molecule has 0 bridgehead atoms. The molecule has 45 heavy (non-hydrogen) atoms. The van der Waals surface area contributed by atoms with Crippen molar-refractivity contribution in [2.45, 2.75) is 37.2 Å². The maximum atomic E-state index is 14.6. The Bertz CT molecular complexity index is 1690. The highest BCUT2D eigenvalue weighted by molar-refractivity contribution is 7.92. The molecule has 0 fully saturated rings. The SMILES string of the molecule is CCCNC(=O)C(Cc1ccccc1)N(Cc1c(Cl)cccc1Cl)C(=O)CN(c1ccccc1OC)S(=O)(=O)c1ccccc1. The fourth-order valence-electron chi connectivity index (χ4n) is 4.84. The summed E-state index contributed by atoms with van der Waals surface area (Å²) in [7, 11) is -2.85. The van der Waals surface area contributed by atoms with Crippen LogP contribution in [0.25, 0.3) is 0 Å². The molecule has 2 amide bonds. The lowest BCUT2D eigenvalue weighted by atomic mass is 10.0. The van der Waals surface area contributed by atoms with Crippen LogP contribution in [-0.4, -0.2) is 51.4 Å². The summed E-state index contributed by atoms with van der Waals surface area (Å²) in [5.41, 5.74) is 1.42. The van der Waals surface area contributed by atoms with E-state index in [9.17, 15) is 18.0 Å². The van der Waals surface area contributed by atoms with Gasteiger partial charge >= 0.3 is 0 Å². The molecule has 0 aliphatic carbocycles. The van der Waals surface area contributed by atoms with Crippen molar-refractivity contribution in [3.05, 3.63) is 124 Å². The summed E-state index contributed by atoms with van der Waals surface area (Å²) >= 11 is 13.1. The second kappa shape index (κ2) is 15.8. The van der Waals surface area contributed by atoms with Crippen molar-refractivity contribution in [2.75, 3.05) is 24.5 Å². The molecule has 236 valence electrons. The number of hydrogen-bond acceptors (Lipinski definition) is 5. The van der Waals surface area contributed by atoms with Crippen LogP contribution < -0.4 is 14.4 Å². The van der Waals surface area contributed by atoms with Crippen LogP contribution in [0.3, 0.4) is 0 Å². The van der Waals surface area contributed by atoms with Crippen molar-refractivity contribution in [1.82, 2.24) is 10.2 Å². The van der Waals surface area contributed by atoms with Gasteiger partial charge in [0.15, 0.2) is 0 Å². The molecule has 1 unspecified atom stereocenters. The Morgan fingerprint density at radius 1 is 0.844 bits per heavy atom. The standard InChI is InChI=1S/C34H35Cl2N3O5S/c1-3-21-37-34(41)31(22-25-13-6-4-7-14-25)38(23-27-28(35)17-12-18-29(27)36)33(40)24-39(30-19-10-11-20-32(30)44-2)45(42,43)26-15-8-5-9-16-26/h4-20,31H,3,21-24H2,1-2H3,(H,37,41). The number of anilines is 1. The molecule has 0 spiro atoms. The topological polar surface area (TPSA) is 96.0 Å². The minimum atomic E-state index is -4.27. The Morgan fingerprint density at radius 3 is 2.07 bits per heavy atom. The summed E-state index contributed by atoms with van der Waals surface area (Å²) < 4.78 is 34.8. The molecule has 4 aromatic carbocycles. The van der Waals surface area contributed by atoms with Crippen molar-refractivity contribution in [3.8, 4) is 5.75 Å². The van der Waals surface area contributed by atoms with Crippen molar-refractivity contribution in [2.24, 2.45) is 0 Å². The van der Waals surface area contributed by atoms with Gasteiger partial charge in [-0.1, -0.05) is 96.9 Å². The first-order valence-corrected chi connectivity index (χ1v) is 16.6. The van der Waals surface area contributed by atoms with E-state index in [0.29, 0.717) is 28.6 Å². The molecule has 4 aromatic rings. The van der Waals surface area contributed by atoms with Gasteiger partial charge < -0.3 is 15.0 Å². The number of sulfonamides is 1. The van der Waals surface area contributed by atoms with E-state index in [2.05, 4.69) is 5.32 Å². The predicted octanol–water partition coefficient (Wildman–Crippen LogP) is 6.36. The van der Waals surface area contributed by atoms with Crippen LogP contribution in [0.5, 0.6) is 5.75 Å². The van der Waals surface area contributed by atoms with E-state index in [1.165, 1.54) is 24.1 Å². The average Bonchev–Trinajstić information content (AvgIpc) is 3.06. The third kappa shape index (κ3) is 8.36.